The summed E-state index contributed by atoms with van der Waals surface area (Å²) in [5, 5.41) is 7.99. The number of carbonyl (C=O) groups excluding carboxylic acids is 2. The van der Waals surface area contributed by atoms with E-state index >= 15 is 0 Å². The predicted octanol–water partition coefficient (Wildman–Crippen LogP) is 3.08. The number of thiazole rings is 1. The van der Waals surface area contributed by atoms with Crippen LogP contribution in [-0.4, -0.2) is 27.8 Å². The monoisotopic (exact) mass is 347 g/mol. The van der Waals surface area contributed by atoms with Gasteiger partial charge in [-0.15, -0.1) is 23.1 Å². The molecule has 0 aliphatic carbocycles. The van der Waals surface area contributed by atoms with Gasteiger partial charge in [-0.1, -0.05) is 18.2 Å². The minimum absolute atomic E-state index is 0.0298. The highest BCUT2D eigenvalue weighted by Crippen LogP contribution is 2.27. The Labute approximate surface area is 142 Å². The van der Waals surface area contributed by atoms with Crippen molar-refractivity contribution in [1.82, 2.24) is 4.98 Å². The molecular weight excluding hydrogens is 330 g/mol. The molecule has 0 radical (unpaired) electrons. The van der Waals surface area contributed by atoms with E-state index in [4.69, 9.17) is 0 Å². The first-order chi connectivity index (χ1) is 11.1. The van der Waals surface area contributed by atoms with Crippen molar-refractivity contribution < 1.29 is 9.59 Å². The fourth-order valence-electron chi connectivity index (χ4n) is 2.39. The van der Waals surface area contributed by atoms with Crippen LogP contribution in [0.1, 0.15) is 17.7 Å². The van der Waals surface area contributed by atoms with Crippen molar-refractivity contribution in [2.45, 2.75) is 25.0 Å². The molecule has 1 aromatic heterocycles. The molecule has 0 spiro atoms. The van der Waals surface area contributed by atoms with Crippen LogP contribution in [-0.2, 0) is 16.0 Å². The van der Waals surface area contributed by atoms with Gasteiger partial charge in [0, 0.05) is 11.1 Å². The number of amides is 2. The Hall–Kier alpha value is -1.86. The number of aryl methyl sites for hydroxylation is 2. The van der Waals surface area contributed by atoms with Crippen LogP contribution in [0.25, 0.3) is 0 Å². The highest BCUT2D eigenvalue weighted by molar-refractivity contribution is 8.01. The summed E-state index contributed by atoms with van der Waals surface area (Å²) in [5.74, 6) is 0.0873. The standard InChI is InChI=1S/C16H17N3O2S2/c1-10-8-23-16(17-10)19-14(20)9-22-13-7-6-11-4-2-3-5-12(11)18-15(13)21/h2-5,8,13H,6-7,9H2,1H3,(H,18,21)(H,17,19,20). The summed E-state index contributed by atoms with van der Waals surface area (Å²) in [4.78, 5) is 28.5. The van der Waals surface area contributed by atoms with Gasteiger partial charge < -0.3 is 10.6 Å². The first-order valence-corrected chi connectivity index (χ1v) is 9.27. The topological polar surface area (TPSA) is 71.1 Å². The molecule has 0 saturated carbocycles. The molecule has 2 amide bonds. The van der Waals surface area contributed by atoms with Crippen molar-refractivity contribution >= 4 is 45.7 Å². The molecule has 1 aromatic carbocycles. The van der Waals surface area contributed by atoms with E-state index in [1.165, 1.54) is 23.1 Å². The fraction of sp³-hybridized carbons (Fsp3) is 0.312. The quantitative estimate of drug-likeness (QED) is 0.892. The minimum atomic E-state index is -0.216. The lowest BCUT2D eigenvalue weighted by Gasteiger charge is -2.12. The highest BCUT2D eigenvalue weighted by atomic mass is 32.2. The van der Waals surface area contributed by atoms with Crippen LogP contribution in [0.5, 0.6) is 0 Å². The number of rotatable bonds is 4. The number of nitrogens with one attached hydrogen (secondary N) is 2. The van der Waals surface area contributed by atoms with E-state index in [9.17, 15) is 9.59 Å². The Bertz CT molecular complexity index is 730. The first-order valence-electron chi connectivity index (χ1n) is 7.34. The molecule has 0 bridgehead atoms. The average molecular weight is 347 g/mol. The molecule has 7 heteroatoms. The Morgan fingerprint density at radius 2 is 2.30 bits per heavy atom. The summed E-state index contributed by atoms with van der Waals surface area (Å²) in [7, 11) is 0. The van der Waals surface area contributed by atoms with E-state index in [0.717, 1.165) is 29.8 Å². The van der Waals surface area contributed by atoms with Gasteiger partial charge in [0.15, 0.2) is 5.13 Å². The third-order valence-electron chi connectivity index (χ3n) is 3.52. The van der Waals surface area contributed by atoms with Crippen LogP contribution in [0.15, 0.2) is 29.6 Å². The summed E-state index contributed by atoms with van der Waals surface area (Å²) >= 11 is 2.78. The van der Waals surface area contributed by atoms with E-state index < -0.39 is 0 Å². The minimum Gasteiger partial charge on any atom is -0.325 e. The predicted molar refractivity (Wildman–Crippen MR) is 95.1 cm³/mol. The number of fused-ring (bicyclic) bond motifs is 1. The zero-order valence-corrected chi connectivity index (χ0v) is 14.3. The van der Waals surface area contributed by atoms with Gasteiger partial charge in [-0.05, 0) is 31.4 Å². The molecule has 0 fully saturated rings. The Balaban J connectivity index is 1.54. The normalized spacial score (nSPS) is 17.1. The summed E-state index contributed by atoms with van der Waals surface area (Å²) in [6.07, 6.45) is 1.57. The van der Waals surface area contributed by atoms with Gasteiger partial charge in [0.2, 0.25) is 11.8 Å². The summed E-state index contributed by atoms with van der Waals surface area (Å²) in [5.41, 5.74) is 2.91. The lowest BCUT2D eigenvalue weighted by molar-refractivity contribution is -0.115. The van der Waals surface area contributed by atoms with Gasteiger partial charge in [0.25, 0.3) is 0 Å². The van der Waals surface area contributed by atoms with Gasteiger partial charge in [-0.2, -0.15) is 0 Å². The maximum absolute atomic E-state index is 12.3. The van der Waals surface area contributed by atoms with Crippen LogP contribution < -0.4 is 10.6 Å². The number of anilines is 2. The van der Waals surface area contributed by atoms with E-state index in [1.54, 1.807) is 0 Å². The third-order valence-corrected chi connectivity index (χ3v) is 5.68. The maximum atomic E-state index is 12.3. The summed E-state index contributed by atoms with van der Waals surface area (Å²) in [6, 6.07) is 7.83. The molecule has 1 aliphatic rings. The third kappa shape index (κ3) is 4.11. The summed E-state index contributed by atoms with van der Waals surface area (Å²) < 4.78 is 0. The van der Waals surface area contributed by atoms with Gasteiger partial charge in [-0.25, -0.2) is 4.98 Å². The lowest BCUT2D eigenvalue weighted by Crippen LogP contribution is -2.26. The van der Waals surface area contributed by atoms with Gasteiger partial charge in [0.05, 0.1) is 16.7 Å². The van der Waals surface area contributed by atoms with Crippen molar-refractivity contribution in [3.63, 3.8) is 0 Å². The molecule has 2 heterocycles. The molecule has 3 rings (SSSR count). The number of nitrogens with zero attached hydrogens (tertiary/aromatic N) is 1. The number of aromatic nitrogens is 1. The zero-order valence-electron chi connectivity index (χ0n) is 12.7. The molecule has 1 atom stereocenters. The van der Waals surface area contributed by atoms with Crippen molar-refractivity contribution in [2.24, 2.45) is 0 Å². The highest BCUT2D eigenvalue weighted by Gasteiger charge is 2.24. The van der Waals surface area contributed by atoms with Crippen LogP contribution in [0.4, 0.5) is 10.8 Å². The second-order valence-electron chi connectivity index (χ2n) is 5.33. The molecule has 120 valence electrons. The van der Waals surface area contributed by atoms with Gasteiger partial charge in [0.1, 0.15) is 0 Å². The number of carbonyl (C=O) groups is 2. The number of hydrogen-bond acceptors (Lipinski definition) is 5. The fourth-order valence-corrected chi connectivity index (χ4v) is 4.02. The molecule has 0 saturated heterocycles. The van der Waals surface area contributed by atoms with E-state index in [0.29, 0.717) is 5.13 Å². The van der Waals surface area contributed by atoms with Crippen molar-refractivity contribution in [1.29, 1.82) is 0 Å². The Morgan fingerprint density at radius 1 is 1.48 bits per heavy atom. The van der Waals surface area contributed by atoms with Crippen LogP contribution in [0.3, 0.4) is 0 Å². The molecule has 2 aromatic rings. The second kappa shape index (κ2) is 7.14. The number of hydrogen-bond donors (Lipinski definition) is 2. The van der Waals surface area contributed by atoms with Gasteiger partial charge >= 0.3 is 0 Å². The van der Waals surface area contributed by atoms with E-state index in [1.807, 2.05) is 36.6 Å². The lowest BCUT2D eigenvalue weighted by atomic mass is 10.1. The SMILES string of the molecule is Cc1csc(NC(=O)CSC2CCc3ccccc3NC2=O)n1. The zero-order chi connectivity index (χ0) is 16.2. The molecular formula is C16H17N3O2S2. The number of benzene rings is 1. The summed E-state index contributed by atoms with van der Waals surface area (Å²) in [6.45, 7) is 1.88. The first kappa shape index (κ1) is 16.0. The molecule has 23 heavy (non-hydrogen) atoms. The number of para-hydroxylation sites is 1. The van der Waals surface area contributed by atoms with Crippen LogP contribution in [0, 0.1) is 6.92 Å². The molecule has 1 aliphatic heterocycles. The largest absolute Gasteiger partial charge is 0.325 e. The average Bonchev–Trinajstić information content (AvgIpc) is 2.85. The number of thioether (sulfide) groups is 1. The second-order valence-corrected chi connectivity index (χ2v) is 7.38. The smallest absolute Gasteiger partial charge is 0.237 e. The van der Waals surface area contributed by atoms with E-state index in [2.05, 4.69) is 15.6 Å². The van der Waals surface area contributed by atoms with Crippen LogP contribution in [0.2, 0.25) is 0 Å². The Kier molecular flexibility index (Phi) is 4.97. The molecule has 2 N–H and O–H groups in total. The maximum Gasteiger partial charge on any atom is 0.237 e. The van der Waals surface area contributed by atoms with Crippen molar-refractivity contribution in [3.8, 4) is 0 Å². The van der Waals surface area contributed by atoms with Crippen LogP contribution >= 0.6 is 23.1 Å². The van der Waals surface area contributed by atoms with Crippen molar-refractivity contribution in [3.05, 3.63) is 40.9 Å². The van der Waals surface area contributed by atoms with Gasteiger partial charge in [-0.3, -0.25) is 9.59 Å². The molecule has 5 nitrogen and oxygen atoms in total. The van der Waals surface area contributed by atoms with Crippen molar-refractivity contribution in [2.75, 3.05) is 16.4 Å². The molecule has 1 unspecified atom stereocenters. The van der Waals surface area contributed by atoms with E-state index in [-0.39, 0.29) is 22.8 Å². The Morgan fingerprint density at radius 3 is 3.09 bits per heavy atom.